The smallest absolute Gasteiger partial charge is 0.406 e. The molecule has 8 heteroatoms. The number of anilines is 1. The van der Waals surface area contributed by atoms with Crippen LogP contribution in [-0.4, -0.2) is 38.5 Å². The van der Waals surface area contributed by atoms with Crippen molar-refractivity contribution >= 4 is 17.3 Å². The molecule has 8 nitrogen and oxygen atoms in total. The lowest BCUT2D eigenvalue weighted by Gasteiger charge is -2.27. The van der Waals surface area contributed by atoms with Crippen molar-refractivity contribution < 1.29 is 10.1 Å². The highest BCUT2D eigenvalue weighted by molar-refractivity contribution is 5.86. The Morgan fingerprint density at radius 2 is 2.18 bits per heavy atom. The fraction of sp³-hybridized carbons (Fsp3) is 0.556. The molecule has 0 aliphatic carbocycles. The normalized spacial score (nSPS) is 16.1. The average Bonchev–Trinajstić information content (AvgIpc) is 2.71. The van der Waals surface area contributed by atoms with E-state index in [1.165, 1.54) is 6.33 Å². The summed E-state index contributed by atoms with van der Waals surface area (Å²) in [6.07, 6.45) is 2.65. The first-order valence-electron chi connectivity index (χ1n) is 5.24. The second kappa shape index (κ2) is 4.40. The molecule has 0 saturated carbocycles. The Bertz CT molecular complexity index is 457. The first-order chi connectivity index (χ1) is 8.13. The summed E-state index contributed by atoms with van der Waals surface area (Å²) in [6.45, 7) is 1.19. The minimum Gasteiger partial charge on any atom is -0.411 e. The van der Waals surface area contributed by atoms with Crippen molar-refractivity contribution in [1.29, 1.82) is 0 Å². The molecule has 1 N–H and O–H groups in total. The lowest BCUT2D eigenvalue weighted by Crippen LogP contribution is -2.35. The number of nitro groups is 1. The van der Waals surface area contributed by atoms with Crippen LogP contribution in [0.4, 0.5) is 11.6 Å². The molecule has 0 aromatic carbocycles. The summed E-state index contributed by atoms with van der Waals surface area (Å²) in [5.74, 6) is 0.379. The number of imidazole rings is 1. The molecular formula is C9H13N5O3. The third-order valence-corrected chi connectivity index (χ3v) is 2.84. The van der Waals surface area contributed by atoms with Gasteiger partial charge in [0.1, 0.15) is 0 Å². The highest BCUT2D eigenvalue weighted by Gasteiger charge is 2.27. The molecule has 0 amide bonds. The molecule has 2 heterocycles. The predicted octanol–water partition coefficient (Wildman–Crippen LogP) is 0.759. The molecule has 0 radical (unpaired) electrons. The van der Waals surface area contributed by atoms with Gasteiger partial charge in [0.15, 0.2) is 0 Å². The molecule has 0 unspecified atom stereocenters. The number of nitrogens with zero attached hydrogens (tertiary/aromatic N) is 5. The third kappa shape index (κ3) is 2.05. The number of hydrogen-bond donors (Lipinski definition) is 1. The predicted molar refractivity (Wildman–Crippen MR) is 60.5 cm³/mol. The van der Waals surface area contributed by atoms with E-state index in [4.69, 9.17) is 5.21 Å². The maximum atomic E-state index is 10.8. The first kappa shape index (κ1) is 11.4. The molecule has 92 valence electrons. The van der Waals surface area contributed by atoms with Crippen molar-refractivity contribution in [3.05, 3.63) is 16.4 Å². The monoisotopic (exact) mass is 239 g/mol. The molecular weight excluding hydrogens is 226 g/mol. The summed E-state index contributed by atoms with van der Waals surface area (Å²) < 4.78 is 1.64. The third-order valence-electron chi connectivity index (χ3n) is 2.84. The Morgan fingerprint density at radius 3 is 2.71 bits per heavy atom. The summed E-state index contributed by atoms with van der Waals surface area (Å²) in [5, 5.41) is 22.7. The van der Waals surface area contributed by atoms with E-state index in [9.17, 15) is 10.1 Å². The number of oxime groups is 1. The number of aromatic nitrogens is 2. The molecule has 17 heavy (non-hydrogen) atoms. The highest BCUT2D eigenvalue weighted by atomic mass is 16.6. The van der Waals surface area contributed by atoms with Gasteiger partial charge in [0.05, 0.1) is 5.71 Å². The largest absolute Gasteiger partial charge is 0.411 e. The van der Waals surface area contributed by atoms with E-state index >= 15 is 0 Å². The molecule has 1 aliphatic heterocycles. The fourth-order valence-corrected chi connectivity index (χ4v) is 1.98. The van der Waals surface area contributed by atoms with Crippen molar-refractivity contribution in [1.82, 2.24) is 9.55 Å². The van der Waals surface area contributed by atoms with Crippen LogP contribution in [0.5, 0.6) is 0 Å². The summed E-state index contributed by atoms with van der Waals surface area (Å²) in [4.78, 5) is 16.0. The van der Waals surface area contributed by atoms with Gasteiger partial charge in [-0.15, -0.1) is 0 Å². The van der Waals surface area contributed by atoms with Crippen LogP contribution in [0.3, 0.4) is 0 Å². The zero-order valence-corrected chi connectivity index (χ0v) is 9.41. The highest BCUT2D eigenvalue weighted by Crippen LogP contribution is 2.27. The van der Waals surface area contributed by atoms with Gasteiger partial charge in [0, 0.05) is 33.0 Å². The van der Waals surface area contributed by atoms with Gasteiger partial charge in [-0.25, -0.2) is 0 Å². The quantitative estimate of drug-likeness (QED) is 0.467. The molecule has 1 aromatic heterocycles. The van der Waals surface area contributed by atoms with Gasteiger partial charge in [-0.05, 0) is 9.91 Å². The lowest BCUT2D eigenvalue weighted by atomic mass is 10.1. The van der Waals surface area contributed by atoms with Gasteiger partial charge in [-0.3, -0.25) is 4.57 Å². The van der Waals surface area contributed by atoms with Crippen molar-refractivity contribution in [3.8, 4) is 0 Å². The van der Waals surface area contributed by atoms with Gasteiger partial charge in [-0.1, -0.05) is 5.16 Å². The van der Waals surface area contributed by atoms with E-state index < -0.39 is 4.92 Å². The van der Waals surface area contributed by atoms with Gasteiger partial charge in [0.2, 0.25) is 12.1 Å². The standard InChI is InChI=1S/C9H13N5O3/c1-12-6-10-8(14(16)17)9(12)13-4-2-7(11-15)3-5-13/h6,15H,2-5H2,1H3. The minimum atomic E-state index is -0.481. The zero-order chi connectivity index (χ0) is 12.4. The summed E-state index contributed by atoms with van der Waals surface area (Å²) in [7, 11) is 1.73. The Hall–Kier alpha value is -2.12. The van der Waals surface area contributed by atoms with E-state index in [2.05, 4.69) is 10.1 Å². The van der Waals surface area contributed by atoms with Crippen LogP contribution < -0.4 is 4.90 Å². The van der Waals surface area contributed by atoms with E-state index in [1.54, 1.807) is 11.6 Å². The second-order valence-electron chi connectivity index (χ2n) is 3.91. The van der Waals surface area contributed by atoms with Gasteiger partial charge >= 0.3 is 5.82 Å². The molecule has 0 atom stereocenters. The van der Waals surface area contributed by atoms with E-state index in [-0.39, 0.29) is 5.82 Å². The van der Waals surface area contributed by atoms with Crippen LogP contribution in [0.15, 0.2) is 11.5 Å². The summed E-state index contributed by atoms with van der Waals surface area (Å²) in [5.41, 5.74) is 0.728. The van der Waals surface area contributed by atoms with Crippen molar-refractivity contribution in [3.63, 3.8) is 0 Å². The molecule has 1 aromatic rings. The second-order valence-corrected chi connectivity index (χ2v) is 3.91. The Kier molecular flexibility index (Phi) is 2.94. The first-order valence-corrected chi connectivity index (χ1v) is 5.24. The maximum absolute atomic E-state index is 10.8. The minimum absolute atomic E-state index is 0.128. The SMILES string of the molecule is Cn1cnc([N+](=O)[O-])c1N1CCC(=NO)CC1. The fourth-order valence-electron chi connectivity index (χ4n) is 1.98. The zero-order valence-electron chi connectivity index (χ0n) is 9.41. The molecule has 0 bridgehead atoms. The van der Waals surface area contributed by atoms with Gasteiger partial charge < -0.3 is 20.2 Å². The van der Waals surface area contributed by atoms with Crippen molar-refractivity contribution in [2.24, 2.45) is 12.2 Å². The molecule has 1 saturated heterocycles. The van der Waals surface area contributed by atoms with E-state index in [0.717, 1.165) is 5.71 Å². The van der Waals surface area contributed by atoms with Crippen molar-refractivity contribution in [2.45, 2.75) is 12.8 Å². The number of rotatable bonds is 2. The number of hydrogen-bond acceptors (Lipinski definition) is 6. The van der Waals surface area contributed by atoms with Gasteiger partial charge in [0.25, 0.3) is 0 Å². The summed E-state index contributed by atoms with van der Waals surface area (Å²) >= 11 is 0. The van der Waals surface area contributed by atoms with Crippen LogP contribution in [0.1, 0.15) is 12.8 Å². The topological polar surface area (TPSA) is 96.8 Å². The van der Waals surface area contributed by atoms with E-state index in [1.807, 2.05) is 4.90 Å². The molecule has 1 aliphatic rings. The van der Waals surface area contributed by atoms with Crippen LogP contribution in [0, 0.1) is 10.1 Å². The molecule has 2 rings (SSSR count). The van der Waals surface area contributed by atoms with Crippen molar-refractivity contribution in [2.75, 3.05) is 18.0 Å². The Labute approximate surface area is 97.3 Å². The number of piperidine rings is 1. The molecule has 1 fully saturated rings. The molecule has 0 spiro atoms. The van der Waals surface area contributed by atoms with Crippen LogP contribution in [0.25, 0.3) is 0 Å². The van der Waals surface area contributed by atoms with Gasteiger partial charge in [-0.2, -0.15) is 0 Å². The average molecular weight is 239 g/mol. The summed E-state index contributed by atoms with van der Waals surface area (Å²) in [6, 6.07) is 0. The van der Waals surface area contributed by atoms with Crippen LogP contribution in [-0.2, 0) is 7.05 Å². The maximum Gasteiger partial charge on any atom is 0.406 e. The van der Waals surface area contributed by atoms with E-state index in [0.29, 0.717) is 31.7 Å². The Morgan fingerprint density at radius 1 is 1.53 bits per heavy atom. The van der Waals surface area contributed by atoms with Crippen LogP contribution in [0.2, 0.25) is 0 Å². The van der Waals surface area contributed by atoms with Crippen LogP contribution >= 0.6 is 0 Å². The Balaban J connectivity index is 2.23. The lowest BCUT2D eigenvalue weighted by molar-refractivity contribution is -0.388. The number of aryl methyl sites for hydroxylation is 1.